The van der Waals surface area contributed by atoms with Crippen LogP contribution in [0.4, 0.5) is 35.1 Å². The molecule has 0 atom stereocenters. The van der Waals surface area contributed by atoms with Crippen molar-refractivity contribution in [3.8, 4) is 0 Å². The molecule has 1 heterocycles. The summed E-state index contributed by atoms with van der Waals surface area (Å²) in [4.78, 5) is 0. The Balaban J connectivity index is 2.73. The van der Waals surface area contributed by atoms with Gasteiger partial charge in [0.05, 0.1) is 9.40 Å². The standard InChI is InChI=1S/C12F8S/c13-3-1-2-4(14)6(16)8(18)10(20)12(2)21-11(1)9(19)7(17)5(3)15. The highest BCUT2D eigenvalue weighted by Gasteiger charge is 2.30. The second-order valence-corrected chi connectivity index (χ2v) is 5.04. The Bertz CT molecular complexity index is 853. The predicted molar refractivity (Wildman–Crippen MR) is 59.0 cm³/mol. The summed E-state index contributed by atoms with van der Waals surface area (Å²) in [5, 5.41) is -2.36. The van der Waals surface area contributed by atoms with Gasteiger partial charge in [0.1, 0.15) is 0 Å². The van der Waals surface area contributed by atoms with Gasteiger partial charge in [-0.15, -0.1) is 11.3 Å². The van der Waals surface area contributed by atoms with E-state index in [0.29, 0.717) is 0 Å². The fourth-order valence-corrected chi connectivity index (χ4v) is 3.11. The van der Waals surface area contributed by atoms with Crippen LogP contribution in [0.25, 0.3) is 20.2 Å². The van der Waals surface area contributed by atoms with Crippen LogP contribution < -0.4 is 0 Å². The van der Waals surface area contributed by atoms with E-state index < -0.39 is 66.7 Å². The average Bonchev–Trinajstić information content (AvgIpc) is 2.87. The normalized spacial score (nSPS) is 11.8. The van der Waals surface area contributed by atoms with Crippen LogP contribution in [0.1, 0.15) is 0 Å². The summed E-state index contributed by atoms with van der Waals surface area (Å²) in [5.41, 5.74) is 0. The molecule has 21 heavy (non-hydrogen) atoms. The Hall–Kier alpha value is -1.90. The van der Waals surface area contributed by atoms with Gasteiger partial charge in [0.2, 0.25) is 0 Å². The van der Waals surface area contributed by atoms with Gasteiger partial charge in [-0.1, -0.05) is 0 Å². The quantitative estimate of drug-likeness (QED) is 0.303. The molecule has 0 aliphatic rings. The van der Waals surface area contributed by atoms with Crippen LogP contribution in [0.3, 0.4) is 0 Å². The van der Waals surface area contributed by atoms with Crippen LogP contribution in [0, 0.1) is 46.5 Å². The molecule has 0 aliphatic heterocycles. The number of halogens is 8. The molecule has 3 aromatic rings. The molecular formula is C12F8S. The Morgan fingerprint density at radius 3 is 1.00 bits per heavy atom. The number of hydrogen-bond donors (Lipinski definition) is 0. The first kappa shape index (κ1) is 14.1. The van der Waals surface area contributed by atoms with Gasteiger partial charge >= 0.3 is 0 Å². The lowest BCUT2D eigenvalue weighted by Gasteiger charge is -2.02. The highest BCUT2D eigenvalue weighted by molar-refractivity contribution is 7.25. The maximum Gasteiger partial charge on any atom is 0.198 e. The summed E-state index contributed by atoms with van der Waals surface area (Å²) in [5.74, 6) is -16.7. The molecule has 2 aromatic carbocycles. The van der Waals surface area contributed by atoms with E-state index in [2.05, 4.69) is 0 Å². The van der Waals surface area contributed by atoms with E-state index in [1.165, 1.54) is 0 Å². The van der Waals surface area contributed by atoms with Gasteiger partial charge in [-0.05, 0) is 0 Å². The van der Waals surface area contributed by atoms with Crippen LogP contribution in [-0.4, -0.2) is 0 Å². The number of hydrogen-bond acceptors (Lipinski definition) is 1. The highest BCUT2D eigenvalue weighted by atomic mass is 32.1. The van der Waals surface area contributed by atoms with E-state index in [9.17, 15) is 35.1 Å². The molecule has 9 heteroatoms. The van der Waals surface area contributed by atoms with E-state index in [1.54, 1.807) is 0 Å². The molecule has 3 rings (SSSR count). The number of benzene rings is 2. The molecule has 0 unspecified atom stereocenters. The SMILES string of the molecule is Fc1c(F)c(F)c2c(sc3c(F)c(F)c(F)c(F)c32)c1F. The second kappa shape index (κ2) is 4.30. The molecule has 0 fully saturated rings. The van der Waals surface area contributed by atoms with Crippen molar-refractivity contribution in [2.75, 3.05) is 0 Å². The van der Waals surface area contributed by atoms with Crippen molar-refractivity contribution in [2.24, 2.45) is 0 Å². The summed E-state index contributed by atoms with van der Waals surface area (Å²) in [6, 6.07) is 0. The van der Waals surface area contributed by atoms with Gasteiger partial charge in [0.25, 0.3) is 0 Å². The first-order valence-corrected chi connectivity index (χ1v) is 5.99. The van der Waals surface area contributed by atoms with Crippen molar-refractivity contribution in [3.63, 3.8) is 0 Å². The minimum absolute atomic E-state index is 0.0544. The molecule has 1 aromatic heterocycles. The maximum atomic E-state index is 13.7. The van der Waals surface area contributed by atoms with Crippen molar-refractivity contribution in [3.05, 3.63) is 46.5 Å². The van der Waals surface area contributed by atoms with Gasteiger partial charge in [0, 0.05) is 10.8 Å². The van der Waals surface area contributed by atoms with Crippen LogP contribution >= 0.6 is 11.3 Å². The summed E-state index contributed by atoms with van der Waals surface area (Å²) >= 11 is -0.0544. The highest BCUT2D eigenvalue weighted by Crippen LogP contribution is 2.42. The third-order valence-electron chi connectivity index (χ3n) is 2.90. The second-order valence-electron chi connectivity index (χ2n) is 4.02. The molecule has 0 saturated carbocycles. The summed E-state index contributed by atoms with van der Waals surface area (Å²) in [6.07, 6.45) is 0. The Labute approximate surface area is 114 Å². The third kappa shape index (κ3) is 1.60. The van der Waals surface area contributed by atoms with E-state index in [1.807, 2.05) is 0 Å². The lowest BCUT2D eigenvalue weighted by Crippen LogP contribution is -1.98. The molecular weight excluding hydrogens is 328 g/mol. The molecule has 0 aliphatic carbocycles. The molecule has 110 valence electrons. The third-order valence-corrected chi connectivity index (χ3v) is 4.08. The number of rotatable bonds is 0. The van der Waals surface area contributed by atoms with Crippen LogP contribution in [-0.2, 0) is 0 Å². The van der Waals surface area contributed by atoms with Gasteiger partial charge in [-0.3, -0.25) is 0 Å². The van der Waals surface area contributed by atoms with Crippen molar-refractivity contribution in [2.45, 2.75) is 0 Å². The zero-order valence-electron chi connectivity index (χ0n) is 9.43. The average molecular weight is 328 g/mol. The van der Waals surface area contributed by atoms with Gasteiger partial charge < -0.3 is 0 Å². The van der Waals surface area contributed by atoms with Gasteiger partial charge in [-0.25, -0.2) is 35.1 Å². The van der Waals surface area contributed by atoms with Crippen molar-refractivity contribution in [1.82, 2.24) is 0 Å². The number of fused-ring (bicyclic) bond motifs is 3. The molecule has 0 bridgehead atoms. The molecule has 0 radical (unpaired) electrons. The fourth-order valence-electron chi connectivity index (χ4n) is 1.96. The first-order valence-electron chi connectivity index (χ1n) is 5.17. The van der Waals surface area contributed by atoms with Crippen molar-refractivity contribution in [1.29, 1.82) is 0 Å². The van der Waals surface area contributed by atoms with E-state index in [-0.39, 0.29) is 11.3 Å². The lowest BCUT2D eigenvalue weighted by atomic mass is 10.1. The zero-order chi connectivity index (χ0) is 15.6. The van der Waals surface area contributed by atoms with Crippen LogP contribution in [0.5, 0.6) is 0 Å². The summed E-state index contributed by atoms with van der Waals surface area (Å²) < 4.78 is 105. The number of thiophene rings is 1. The van der Waals surface area contributed by atoms with Crippen molar-refractivity contribution < 1.29 is 35.1 Å². The van der Waals surface area contributed by atoms with Crippen LogP contribution in [0.15, 0.2) is 0 Å². The fraction of sp³-hybridized carbons (Fsp3) is 0. The summed E-state index contributed by atoms with van der Waals surface area (Å²) in [7, 11) is 0. The Morgan fingerprint density at radius 2 is 0.667 bits per heavy atom. The van der Waals surface area contributed by atoms with Crippen molar-refractivity contribution >= 4 is 31.5 Å². The van der Waals surface area contributed by atoms with Crippen LogP contribution in [0.2, 0.25) is 0 Å². The summed E-state index contributed by atoms with van der Waals surface area (Å²) in [6.45, 7) is 0. The molecule has 0 nitrogen and oxygen atoms in total. The zero-order valence-corrected chi connectivity index (χ0v) is 10.2. The lowest BCUT2D eigenvalue weighted by molar-refractivity contribution is 0.416. The Kier molecular flexibility index (Phi) is 2.88. The minimum Gasteiger partial charge on any atom is -0.203 e. The molecule has 0 N–H and O–H groups in total. The maximum absolute atomic E-state index is 13.7. The topological polar surface area (TPSA) is 0 Å². The Morgan fingerprint density at radius 1 is 0.381 bits per heavy atom. The molecule has 0 saturated heterocycles. The minimum atomic E-state index is -2.26. The largest absolute Gasteiger partial charge is 0.203 e. The monoisotopic (exact) mass is 328 g/mol. The smallest absolute Gasteiger partial charge is 0.198 e. The van der Waals surface area contributed by atoms with E-state index in [4.69, 9.17) is 0 Å². The van der Waals surface area contributed by atoms with Gasteiger partial charge in [-0.2, -0.15) is 0 Å². The van der Waals surface area contributed by atoms with E-state index >= 15 is 0 Å². The molecule has 0 spiro atoms. The molecule has 0 amide bonds. The first-order chi connectivity index (χ1) is 9.77. The van der Waals surface area contributed by atoms with Gasteiger partial charge in [0.15, 0.2) is 46.5 Å². The predicted octanol–water partition coefficient (Wildman–Crippen LogP) is 5.17. The van der Waals surface area contributed by atoms with E-state index in [0.717, 1.165) is 0 Å².